The summed E-state index contributed by atoms with van der Waals surface area (Å²) in [4.78, 5) is 16.5. The number of nitrogens with zero attached hydrogens (tertiary/aromatic N) is 1. The lowest BCUT2D eigenvalue weighted by Crippen LogP contribution is -2.31. The third-order valence-electron chi connectivity index (χ3n) is 5.67. The van der Waals surface area contributed by atoms with Crippen molar-refractivity contribution < 1.29 is 23.4 Å². The van der Waals surface area contributed by atoms with Crippen LogP contribution in [0.5, 0.6) is 0 Å². The van der Waals surface area contributed by atoms with Crippen molar-refractivity contribution in [3.8, 4) is 6.07 Å². The van der Waals surface area contributed by atoms with Gasteiger partial charge in [0.15, 0.2) is 15.6 Å². The fourth-order valence-electron chi connectivity index (χ4n) is 4.08. The van der Waals surface area contributed by atoms with E-state index in [1.54, 1.807) is 18.2 Å². The molecule has 0 spiro atoms. The normalized spacial score (nSPS) is 16.0. The summed E-state index contributed by atoms with van der Waals surface area (Å²) in [5, 5.41) is 28.4. The van der Waals surface area contributed by atoms with Crippen molar-refractivity contribution in [1.82, 2.24) is 4.98 Å². The summed E-state index contributed by atoms with van der Waals surface area (Å²) < 4.78 is 25.3. The maximum atomic E-state index is 13.3. The number of aromatic nitrogens is 1. The lowest BCUT2D eigenvalue weighted by molar-refractivity contribution is 0.103. The molecule has 3 aromatic rings. The van der Waals surface area contributed by atoms with E-state index in [0.717, 1.165) is 5.39 Å². The monoisotopic (exact) mass is 424 g/mol. The molecule has 1 atom stereocenters. The van der Waals surface area contributed by atoms with Gasteiger partial charge in [0.1, 0.15) is 0 Å². The first-order valence-corrected chi connectivity index (χ1v) is 11.0. The summed E-state index contributed by atoms with van der Waals surface area (Å²) >= 11 is 0. The number of aliphatic hydroxyl groups excluding tert-OH is 2. The number of nitriles is 1. The number of hydrogen-bond donors (Lipinski definition) is 3. The molecule has 0 saturated carbocycles. The van der Waals surface area contributed by atoms with Gasteiger partial charge in [0.2, 0.25) is 0 Å². The first-order chi connectivity index (χ1) is 14.1. The highest BCUT2D eigenvalue weighted by Crippen LogP contribution is 2.44. The fourth-order valence-corrected chi connectivity index (χ4v) is 5.45. The van der Waals surface area contributed by atoms with Gasteiger partial charge in [0.25, 0.3) is 0 Å². The van der Waals surface area contributed by atoms with Crippen LogP contribution in [0, 0.1) is 11.3 Å². The molecule has 3 N–H and O–H groups in total. The van der Waals surface area contributed by atoms with Gasteiger partial charge in [-0.1, -0.05) is 19.9 Å². The van der Waals surface area contributed by atoms with Crippen molar-refractivity contribution in [1.29, 1.82) is 5.26 Å². The van der Waals surface area contributed by atoms with Crippen LogP contribution in [0.1, 0.15) is 46.6 Å². The van der Waals surface area contributed by atoms with E-state index < -0.39 is 33.7 Å². The van der Waals surface area contributed by atoms with E-state index in [9.17, 15) is 18.3 Å². The zero-order valence-electron chi connectivity index (χ0n) is 16.4. The second-order valence-electron chi connectivity index (χ2n) is 8.03. The smallest absolute Gasteiger partial charge is 0.195 e. The van der Waals surface area contributed by atoms with Crippen LogP contribution in [0.2, 0.25) is 0 Å². The Morgan fingerprint density at radius 2 is 1.93 bits per heavy atom. The molecule has 2 aromatic carbocycles. The standard InChI is InChI=1S/C22H20N2O5S/c1-22(2)17-8-14(30(28,29)11-13(26)10-25)4-6-15(17)20(27)19-16-5-3-12(9-23)7-18(16)24-21(19)22/h3-8,13,24-26H,10-11H2,1-2H3. The van der Waals surface area contributed by atoms with E-state index in [1.165, 1.54) is 18.2 Å². The van der Waals surface area contributed by atoms with Crippen molar-refractivity contribution in [2.75, 3.05) is 12.4 Å². The molecular weight excluding hydrogens is 404 g/mol. The van der Waals surface area contributed by atoms with Crippen molar-refractivity contribution >= 4 is 26.5 Å². The molecule has 1 aliphatic rings. The minimum Gasteiger partial charge on any atom is -0.394 e. The molecular formula is C22H20N2O5S. The number of H-pyrrole nitrogens is 1. The number of ketones is 1. The highest BCUT2D eigenvalue weighted by molar-refractivity contribution is 7.91. The van der Waals surface area contributed by atoms with Gasteiger partial charge in [-0.05, 0) is 35.9 Å². The summed E-state index contributed by atoms with van der Waals surface area (Å²) in [6.07, 6.45) is -1.38. The molecule has 0 bridgehead atoms. The molecule has 1 heterocycles. The van der Waals surface area contributed by atoms with Crippen LogP contribution in [0.3, 0.4) is 0 Å². The highest BCUT2D eigenvalue weighted by atomic mass is 32.2. The van der Waals surface area contributed by atoms with E-state index in [4.69, 9.17) is 10.4 Å². The Labute approximate surface area is 173 Å². The minimum absolute atomic E-state index is 0.0130. The number of carbonyl (C=O) groups excluding carboxylic acids is 1. The maximum absolute atomic E-state index is 13.3. The quantitative estimate of drug-likeness (QED) is 0.587. The van der Waals surface area contributed by atoms with Crippen LogP contribution in [0.15, 0.2) is 41.3 Å². The molecule has 0 saturated heterocycles. The third kappa shape index (κ3) is 2.94. The molecule has 0 fully saturated rings. The Morgan fingerprint density at radius 1 is 1.20 bits per heavy atom. The van der Waals surface area contributed by atoms with E-state index in [0.29, 0.717) is 33.5 Å². The van der Waals surface area contributed by atoms with Gasteiger partial charge >= 0.3 is 0 Å². The van der Waals surface area contributed by atoms with Gasteiger partial charge in [0, 0.05) is 27.6 Å². The lowest BCUT2D eigenvalue weighted by atomic mass is 9.71. The lowest BCUT2D eigenvalue weighted by Gasteiger charge is -2.32. The second kappa shape index (κ2) is 6.77. The average Bonchev–Trinajstić information content (AvgIpc) is 3.11. The predicted molar refractivity (Wildman–Crippen MR) is 110 cm³/mol. The van der Waals surface area contributed by atoms with E-state index in [1.807, 2.05) is 13.8 Å². The molecule has 1 aliphatic carbocycles. The summed E-state index contributed by atoms with van der Waals surface area (Å²) in [5.41, 5.74) is 2.61. The minimum atomic E-state index is -3.85. The Bertz CT molecular complexity index is 1350. The number of hydrogen-bond acceptors (Lipinski definition) is 6. The molecule has 154 valence electrons. The van der Waals surface area contributed by atoms with Gasteiger partial charge in [-0.3, -0.25) is 4.79 Å². The fraction of sp³-hybridized carbons (Fsp3) is 0.273. The predicted octanol–water partition coefficient (Wildman–Crippen LogP) is 2.04. The molecule has 30 heavy (non-hydrogen) atoms. The Kier molecular flexibility index (Phi) is 4.58. The highest BCUT2D eigenvalue weighted by Gasteiger charge is 2.40. The zero-order valence-corrected chi connectivity index (χ0v) is 17.2. The molecule has 7 nitrogen and oxygen atoms in total. The first-order valence-electron chi connectivity index (χ1n) is 9.37. The Morgan fingerprint density at radius 3 is 2.60 bits per heavy atom. The number of aliphatic hydroxyl groups is 2. The number of aromatic amines is 1. The Hall–Kier alpha value is -2.99. The number of fused-ring (bicyclic) bond motifs is 4. The largest absolute Gasteiger partial charge is 0.394 e. The van der Waals surface area contributed by atoms with E-state index in [2.05, 4.69) is 11.1 Å². The molecule has 1 unspecified atom stereocenters. The topological polar surface area (TPSA) is 131 Å². The molecule has 0 aliphatic heterocycles. The zero-order chi connectivity index (χ0) is 21.8. The van der Waals surface area contributed by atoms with Crippen LogP contribution in [-0.4, -0.2) is 47.9 Å². The van der Waals surface area contributed by atoms with Gasteiger partial charge < -0.3 is 15.2 Å². The Balaban J connectivity index is 1.90. The molecule has 8 heteroatoms. The summed E-state index contributed by atoms with van der Waals surface area (Å²) in [6, 6.07) is 11.5. The van der Waals surface area contributed by atoms with Crippen LogP contribution < -0.4 is 0 Å². The summed E-state index contributed by atoms with van der Waals surface area (Å²) in [7, 11) is -3.85. The van der Waals surface area contributed by atoms with Gasteiger partial charge in [-0.25, -0.2) is 8.42 Å². The number of carbonyl (C=O) groups is 1. The van der Waals surface area contributed by atoms with Crippen molar-refractivity contribution in [3.05, 3.63) is 64.3 Å². The third-order valence-corrected chi connectivity index (χ3v) is 7.47. The molecule has 4 rings (SSSR count). The van der Waals surface area contributed by atoms with Crippen LogP contribution in [-0.2, 0) is 15.3 Å². The number of sulfone groups is 1. The van der Waals surface area contributed by atoms with E-state index in [-0.39, 0.29) is 10.7 Å². The molecule has 1 aromatic heterocycles. The number of nitrogens with one attached hydrogen (secondary N) is 1. The molecule has 0 amide bonds. The van der Waals surface area contributed by atoms with Crippen LogP contribution in [0.25, 0.3) is 10.9 Å². The van der Waals surface area contributed by atoms with Crippen molar-refractivity contribution in [3.63, 3.8) is 0 Å². The first kappa shape index (κ1) is 20.3. The van der Waals surface area contributed by atoms with E-state index >= 15 is 0 Å². The average molecular weight is 424 g/mol. The summed E-state index contributed by atoms with van der Waals surface area (Å²) in [5.74, 6) is -0.819. The van der Waals surface area contributed by atoms with Gasteiger partial charge in [-0.2, -0.15) is 5.26 Å². The van der Waals surface area contributed by atoms with Crippen LogP contribution >= 0.6 is 0 Å². The van der Waals surface area contributed by atoms with Crippen molar-refractivity contribution in [2.24, 2.45) is 0 Å². The second-order valence-corrected chi connectivity index (χ2v) is 10.1. The number of rotatable bonds is 4. The molecule has 0 radical (unpaired) electrons. The SMILES string of the molecule is CC1(C)c2cc(S(=O)(=O)CC(O)CO)ccc2C(=O)c2c1[nH]c1cc(C#N)ccc21. The van der Waals surface area contributed by atoms with Gasteiger partial charge in [0.05, 0.1) is 40.6 Å². The van der Waals surface area contributed by atoms with Crippen molar-refractivity contribution in [2.45, 2.75) is 30.3 Å². The maximum Gasteiger partial charge on any atom is 0.195 e. The number of benzene rings is 2. The summed E-state index contributed by atoms with van der Waals surface area (Å²) in [6.45, 7) is 3.14. The van der Waals surface area contributed by atoms with Crippen LogP contribution in [0.4, 0.5) is 0 Å². The van der Waals surface area contributed by atoms with Gasteiger partial charge in [-0.15, -0.1) is 0 Å².